The van der Waals surface area contributed by atoms with Crippen molar-refractivity contribution in [2.75, 3.05) is 6.61 Å². The van der Waals surface area contributed by atoms with Crippen LogP contribution in [-0.4, -0.2) is 18.5 Å². The number of aryl methyl sites for hydroxylation is 1. The van der Waals surface area contributed by atoms with E-state index in [-0.39, 0.29) is 11.9 Å². The summed E-state index contributed by atoms with van der Waals surface area (Å²) in [5, 5.41) is 0. The maximum Gasteiger partial charge on any atom is 0.163 e. The highest BCUT2D eigenvalue weighted by molar-refractivity contribution is 5.96. The van der Waals surface area contributed by atoms with Gasteiger partial charge in [-0.1, -0.05) is 36.4 Å². The lowest BCUT2D eigenvalue weighted by atomic mass is 10.0. The third-order valence-corrected chi connectivity index (χ3v) is 3.41. The molecule has 2 rings (SSSR count). The normalized spacial score (nSPS) is 10.6. The molecule has 0 aliphatic carbocycles. The van der Waals surface area contributed by atoms with Gasteiger partial charge in [-0.3, -0.25) is 4.79 Å². The van der Waals surface area contributed by atoms with Crippen LogP contribution in [0.5, 0.6) is 11.5 Å². The molecule has 2 aromatic rings. The van der Waals surface area contributed by atoms with Gasteiger partial charge in [0.25, 0.3) is 0 Å². The van der Waals surface area contributed by atoms with E-state index in [1.54, 1.807) is 0 Å². The van der Waals surface area contributed by atoms with E-state index in [0.717, 1.165) is 22.6 Å². The van der Waals surface area contributed by atoms with Gasteiger partial charge in [-0.2, -0.15) is 0 Å². The van der Waals surface area contributed by atoms with Gasteiger partial charge in [0.2, 0.25) is 0 Å². The Hall–Kier alpha value is -2.29. The van der Waals surface area contributed by atoms with E-state index in [9.17, 15) is 4.79 Å². The number of ether oxygens (including phenoxy) is 2. The summed E-state index contributed by atoms with van der Waals surface area (Å²) in [6.45, 7) is 6.51. The quantitative estimate of drug-likeness (QED) is 0.663. The molecule has 0 spiro atoms. The molecule has 0 saturated carbocycles. The Balaban J connectivity index is 2.05. The van der Waals surface area contributed by atoms with Crippen LogP contribution >= 0.6 is 0 Å². The molecule has 23 heavy (non-hydrogen) atoms. The molecule has 0 aliphatic rings. The minimum absolute atomic E-state index is 0.0970. The Morgan fingerprint density at radius 3 is 2.43 bits per heavy atom. The molecule has 0 aromatic heterocycles. The molecule has 3 nitrogen and oxygen atoms in total. The molecule has 0 radical (unpaired) electrons. The smallest absolute Gasteiger partial charge is 0.163 e. The first kappa shape index (κ1) is 17.1. The first-order chi connectivity index (χ1) is 11.1. The monoisotopic (exact) mass is 312 g/mol. The fraction of sp³-hybridized carbons (Fsp3) is 0.350. The van der Waals surface area contributed by atoms with Crippen LogP contribution in [0.3, 0.4) is 0 Å². The Kier molecular flexibility index (Phi) is 6.21. The molecule has 2 aromatic carbocycles. The zero-order chi connectivity index (χ0) is 16.7. The van der Waals surface area contributed by atoms with Crippen LogP contribution in [0.1, 0.15) is 43.1 Å². The average Bonchev–Trinajstić information content (AvgIpc) is 2.55. The molecule has 0 fully saturated rings. The lowest BCUT2D eigenvalue weighted by molar-refractivity contribution is 0.0983. The Morgan fingerprint density at radius 1 is 1.04 bits per heavy atom. The fourth-order valence-electron chi connectivity index (χ4n) is 2.35. The van der Waals surface area contributed by atoms with Gasteiger partial charge in [0.05, 0.1) is 12.7 Å². The van der Waals surface area contributed by atoms with Gasteiger partial charge in [0, 0.05) is 12.0 Å². The van der Waals surface area contributed by atoms with Crippen molar-refractivity contribution < 1.29 is 14.3 Å². The average molecular weight is 312 g/mol. The number of carbonyl (C=O) groups excluding carboxylic acids is 1. The molecule has 0 amide bonds. The molecule has 0 atom stereocenters. The van der Waals surface area contributed by atoms with Crippen molar-refractivity contribution in [2.24, 2.45) is 0 Å². The van der Waals surface area contributed by atoms with Crippen LogP contribution in [0.15, 0.2) is 48.5 Å². The van der Waals surface area contributed by atoms with E-state index < -0.39 is 0 Å². The summed E-state index contributed by atoms with van der Waals surface area (Å²) < 4.78 is 11.4. The standard InChI is InChI=1S/C20H24O3/c1-4-22-20-14-16(11-13-19(20)23-15(2)3)10-12-18(21)17-8-6-5-7-9-17/h5-9,11,13-15H,4,10,12H2,1-3H3. The summed E-state index contributed by atoms with van der Waals surface area (Å²) in [6, 6.07) is 15.3. The maximum absolute atomic E-state index is 12.2. The van der Waals surface area contributed by atoms with Gasteiger partial charge >= 0.3 is 0 Å². The predicted molar refractivity (Wildman–Crippen MR) is 92.5 cm³/mol. The summed E-state index contributed by atoms with van der Waals surface area (Å²) >= 11 is 0. The van der Waals surface area contributed by atoms with E-state index in [1.165, 1.54) is 0 Å². The van der Waals surface area contributed by atoms with Crippen molar-refractivity contribution in [1.82, 2.24) is 0 Å². The van der Waals surface area contributed by atoms with E-state index >= 15 is 0 Å². The molecule has 0 unspecified atom stereocenters. The summed E-state index contributed by atoms with van der Waals surface area (Å²) in [4.78, 5) is 12.2. The van der Waals surface area contributed by atoms with Crippen molar-refractivity contribution in [1.29, 1.82) is 0 Å². The summed E-state index contributed by atoms with van der Waals surface area (Å²) in [6.07, 6.45) is 1.27. The second-order valence-electron chi connectivity index (χ2n) is 5.67. The number of ketones is 1. The van der Waals surface area contributed by atoms with Gasteiger partial charge in [-0.15, -0.1) is 0 Å². The van der Waals surface area contributed by atoms with Gasteiger partial charge < -0.3 is 9.47 Å². The van der Waals surface area contributed by atoms with Gasteiger partial charge in [0.1, 0.15) is 0 Å². The molecule has 3 heteroatoms. The third kappa shape index (κ3) is 5.13. The van der Waals surface area contributed by atoms with Crippen LogP contribution in [0.2, 0.25) is 0 Å². The largest absolute Gasteiger partial charge is 0.490 e. The van der Waals surface area contributed by atoms with E-state index in [1.807, 2.05) is 69.3 Å². The number of hydrogen-bond acceptors (Lipinski definition) is 3. The van der Waals surface area contributed by atoms with Crippen molar-refractivity contribution >= 4 is 5.78 Å². The number of carbonyl (C=O) groups is 1. The van der Waals surface area contributed by atoms with Crippen LogP contribution in [0.25, 0.3) is 0 Å². The molecule has 0 aliphatic heterocycles. The molecule has 0 heterocycles. The molecular weight excluding hydrogens is 288 g/mol. The van der Waals surface area contributed by atoms with Gasteiger partial charge in [-0.25, -0.2) is 0 Å². The Morgan fingerprint density at radius 2 is 1.78 bits per heavy atom. The SMILES string of the molecule is CCOc1cc(CCC(=O)c2ccccc2)ccc1OC(C)C. The number of hydrogen-bond donors (Lipinski definition) is 0. The maximum atomic E-state index is 12.2. The highest BCUT2D eigenvalue weighted by Crippen LogP contribution is 2.30. The first-order valence-corrected chi connectivity index (χ1v) is 8.10. The van der Waals surface area contributed by atoms with Gasteiger partial charge in [0.15, 0.2) is 17.3 Å². The lowest BCUT2D eigenvalue weighted by Gasteiger charge is -2.15. The predicted octanol–water partition coefficient (Wildman–Crippen LogP) is 4.69. The number of rotatable bonds is 8. The summed E-state index contributed by atoms with van der Waals surface area (Å²) in [5.74, 6) is 1.65. The van der Waals surface area contributed by atoms with Crippen molar-refractivity contribution in [2.45, 2.75) is 39.7 Å². The number of benzene rings is 2. The van der Waals surface area contributed by atoms with Gasteiger partial charge in [-0.05, 0) is 44.9 Å². The van der Waals surface area contributed by atoms with Crippen LogP contribution in [0.4, 0.5) is 0 Å². The van der Waals surface area contributed by atoms with Crippen LogP contribution in [-0.2, 0) is 6.42 Å². The van der Waals surface area contributed by atoms with Crippen molar-refractivity contribution in [3.8, 4) is 11.5 Å². The zero-order valence-corrected chi connectivity index (χ0v) is 14.0. The summed E-state index contributed by atoms with van der Waals surface area (Å²) in [5.41, 5.74) is 1.84. The van der Waals surface area contributed by atoms with E-state index in [2.05, 4.69) is 0 Å². The molecule has 0 saturated heterocycles. The highest BCUT2D eigenvalue weighted by atomic mass is 16.5. The van der Waals surface area contributed by atoms with E-state index in [4.69, 9.17) is 9.47 Å². The third-order valence-electron chi connectivity index (χ3n) is 3.41. The minimum Gasteiger partial charge on any atom is -0.490 e. The summed E-state index contributed by atoms with van der Waals surface area (Å²) in [7, 11) is 0. The molecule has 0 bridgehead atoms. The first-order valence-electron chi connectivity index (χ1n) is 8.10. The fourth-order valence-corrected chi connectivity index (χ4v) is 2.35. The second kappa shape index (κ2) is 8.37. The Bertz CT molecular complexity index is 633. The zero-order valence-electron chi connectivity index (χ0n) is 14.0. The van der Waals surface area contributed by atoms with Crippen LogP contribution in [0, 0.1) is 0 Å². The van der Waals surface area contributed by atoms with Crippen LogP contribution < -0.4 is 9.47 Å². The van der Waals surface area contributed by atoms with Crippen molar-refractivity contribution in [3.63, 3.8) is 0 Å². The number of Topliss-reactive ketones (excluding diaryl/α,β-unsaturated/α-hetero) is 1. The minimum atomic E-state index is 0.0970. The lowest BCUT2D eigenvalue weighted by Crippen LogP contribution is -2.08. The second-order valence-corrected chi connectivity index (χ2v) is 5.67. The topological polar surface area (TPSA) is 35.5 Å². The highest BCUT2D eigenvalue weighted by Gasteiger charge is 2.10. The molecular formula is C20H24O3. The molecule has 0 N–H and O–H groups in total. The van der Waals surface area contributed by atoms with Crippen molar-refractivity contribution in [3.05, 3.63) is 59.7 Å². The van der Waals surface area contributed by atoms with E-state index in [0.29, 0.717) is 19.4 Å². The molecule has 122 valence electrons. The Labute approximate surface area is 138 Å².